The Hall–Kier alpha value is -5.82. The van der Waals surface area contributed by atoms with Crippen LogP contribution in [0.25, 0.3) is 11.2 Å². The standard InChI is InChI=1S/C31H24N4O9/c36-26-22-25(33-17-32-22)34-31(40)35(26)27-24(44-30(39)20-14-8-3-9-15-20)23(43-29(38)19-12-6-2-7-13-19)21(42-27)16-41-28(37)18-10-4-1-5-11-18/h1-15,17,21,23-24,27H,16H2,(H,32,33)(H,34,40)/t21-,23-,24-,27?/m1/s1. The van der Waals surface area contributed by atoms with E-state index in [4.69, 9.17) is 18.9 Å². The summed E-state index contributed by atoms with van der Waals surface area (Å²) in [5.74, 6) is -2.33. The van der Waals surface area contributed by atoms with Crippen molar-refractivity contribution in [3.05, 3.63) is 135 Å². The zero-order valence-electron chi connectivity index (χ0n) is 22.8. The van der Waals surface area contributed by atoms with E-state index < -0.39 is 60.3 Å². The molecular formula is C31H24N4O9. The largest absolute Gasteiger partial charge is 0.459 e. The maximum absolute atomic E-state index is 13.5. The Labute approximate surface area is 248 Å². The number of aromatic nitrogens is 4. The quantitative estimate of drug-likeness (QED) is 0.200. The van der Waals surface area contributed by atoms with Crippen LogP contribution in [-0.2, 0) is 18.9 Å². The van der Waals surface area contributed by atoms with E-state index in [1.165, 1.54) is 30.6 Å². The van der Waals surface area contributed by atoms with E-state index in [1.54, 1.807) is 66.7 Å². The normalized spacial score (nSPS) is 19.4. The highest BCUT2D eigenvalue weighted by molar-refractivity contribution is 5.91. The fourth-order valence-corrected chi connectivity index (χ4v) is 4.82. The first kappa shape index (κ1) is 28.3. The zero-order valence-corrected chi connectivity index (χ0v) is 22.8. The van der Waals surface area contributed by atoms with Gasteiger partial charge in [-0.25, -0.2) is 28.7 Å². The predicted octanol–water partition coefficient (Wildman–Crippen LogP) is 2.62. The molecule has 6 rings (SSSR count). The van der Waals surface area contributed by atoms with Gasteiger partial charge in [-0.3, -0.25) is 9.78 Å². The number of fused-ring (bicyclic) bond motifs is 1. The zero-order chi connectivity index (χ0) is 30.6. The second-order valence-corrected chi connectivity index (χ2v) is 9.73. The lowest BCUT2D eigenvalue weighted by Gasteiger charge is -2.24. The average Bonchev–Trinajstić information content (AvgIpc) is 3.66. The molecule has 2 N–H and O–H groups in total. The summed E-state index contributed by atoms with van der Waals surface area (Å²) in [6.45, 7) is -0.477. The molecular weight excluding hydrogens is 572 g/mol. The summed E-state index contributed by atoms with van der Waals surface area (Å²) in [6, 6.07) is 24.1. The van der Waals surface area contributed by atoms with Crippen LogP contribution in [0.1, 0.15) is 37.3 Å². The number of nitrogens with one attached hydrogen (secondary N) is 2. The van der Waals surface area contributed by atoms with E-state index in [9.17, 15) is 24.0 Å². The van der Waals surface area contributed by atoms with Crippen molar-refractivity contribution in [1.82, 2.24) is 19.5 Å². The average molecular weight is 597 g/mol. The van der Waals surface area contributed by atoms with Gasteiger partial charge in [0.05, 0.1) is 23.0 Å². The van der Waals surface area contributed by atoms with Crippen LogP contribution in [0.4, 0.5) is 0 Å². The first-order valence-electron chi connectivity index (χ1n) is 13.5. The van der Waals surface area contributed by atoms with Crippen molar-refractivity contribution in [3.8, 4) is 0 Å². The highest BCUT2D eigenvalue weighted by Crippen LogP contribution is 2.34. The topological polar surface area (TPSA) is 172 Å². The Morgan fingerprint density at radius 3 is 1.84 bits per heavy atom. The highest BCUT2D eigenvalue weighted by Gasteiger charge is 2.52. The molecule has 5 aromatic rings. The molecule has 4 atom stereocenters. The van der Waals surface area contributed by atoms with Gasteiger partial charge in [0, 0.05) is 0 Å². The van der Waals surface area contributed by atoms with Gasteiger partial charge in [0.15, 0.2) is 24.1 Å². The minimum Gasteiger partial charge on any atom is -0.459 e. The Morgan fingerprint density at radius 2 is 1.27 bits per heavy atom. The van der Waals surface area contributed by atoms with Gasteiger partial charge in [0.2, 0.25) is 0 Å². The molecule has 0 aliphatic carbocycles. The van der Waals surface area contributed by atoms with Crippen molar-refractivity contribution in [1.29, 1.82) is 0 Å². The molecule has 13 heteroatoms. The maximum atomic E-state index is 13.5. The molecule has 1 saturated heterocycles. The molecule has 3 aromatic carbocycles. The van der Waals surface area contributed by atoms with Crippen LogP contribution in [0.15, 0.2) is 107 Å². The predicted molar refractivity (Wildman–Crippen MR) is 153 cm³/mol. The van der Waals surface area contributed by atoms with Crippen molar-refractivity contribution in [2.24, 2.45) is 0 Å². The van der Waals surface area contributed by atoms with Gasteiger partial charge in [-0.1, -0.05) is 54.6 Å². The van der Waals surface area contributed by atoms with E-state index in [0.29, 0.717) is 4.57 Å². The van der Waals surface area contributed by atoms with Gasteiger partial charge in [-0.2, -0.15) is 0 Å². The molecule has 0 saturated carbocycles. The third-order valence-electron chi connectivity index (χ3n) is 6.95. The lowest BCUT2D eigenvalue weighted by Crippen LogP contribution is -2.45. The Bertz CT molecular complexity index is 1920. The van der Waals surface area contributed by atoms with Crippen molar-refractivity contribution in [2.45, 2.75) is 24.5 Å². The number of imidazole rings is 1. The van der Waals surface area contributed by atoms with Crippen LogP contribution in [0.5, 0.6) is 0 Å². The van der Waals surface area contributed by atoms with E-state index in [-0.39, 0.29) is 27.9 Å². The summed E-state index contributed by atoms with van der Waals surface area (Å²) in [4.78, 5) is 75.0. The van der Waals surface area contributed by atoms with Gasteiger partial charge in [-0.05, 0) is 36.4 Å². The molecule has 1 aliphatic rings. The number of ether oxygens (including phenoxy) is 4. The summed E-state index contributed by atoms with van der Waals surface area (Å²) in [5.41, 5.74) is -1.20. The molecule has 1 fully saturated rings. The van der Waals surface area contributed by atoms with Crippen LogP contribution in [-0.4, -0.2) is 62.3 Å². The second kappa shape index (κ2) is 12.2. The van der Waals surface area contributed by atoms with Gasteiger partial charge >= 0.3 is 23.6 Å². The molecule has 1 unspecified atom stereocenters. The van der Waals surface area contributed by atoms with Crippen molar-refractivity contribution < 1.29 is 33.3 Å². The molecule has 3 heterocycles. The number of rotatable bonds is 8. The molecule has 0 bridgehead atoms. The molecule has 0 radical (unpaired) electrons. The number of carbonyl (C=O) groups is 3. The molecule has 222 valence electrons. The van der Waals surface area contributed by atoms with Crippen molar-refractivity contribution in [3.63, 3.8) is 0 Å². The SMILES string of the molecule is O=C(OC[C@H]1OC(n2c(=O)[nH]c3nc[nH]c3c2=O)[C@H](OC(=O)c2ccccc2)[C@@H]1OC(=O)c1ccccc1)c1ccccc1. The molecule has 0 amide bonds. The number of carbonyl (C=O) groups excluding carboxylic acids is 3. The fourth-order valence-electron chi connectivity index (χ4n) is 4.82. The van der Waals surface area contributed by atoms with Crippen LogP contribution in [0.2, 0.25) is 0 Å². The number of aromatic amines is 2. The number of hydrogen-bond acceptors (Lipinski definition) is 10. The van der Waals surface area contributed by atoms with Crippen molar-refractivity contribution in [2.75, 3.05) is 6.61 Å². The molecule has 0 spiro atoms. The number of hydrogen-bond donors (Lipinski definition) is 2. The van der Waals surface area contributed by atoms with Crippen molar-refractivity contribution >= 4 is 29.1 Å². The van der Waals surface area contributed by atoms with E-state index in [0.717, 1.165) is 0 Å². The molecule has 1 aliphatic heterocycles. The molecule has 13 nitrogen and oxygen atoms in total. The van der Waals surface area contributed by atoms with Crippen LogP contribution in [0, 0.1) is 0 Å². The summed E-state index contributed by atoms with van der Waals surface area (Å²) < 4.78 is 23.9. The number of H-pyrrole nitrogens is 2. The smallest absolute Gasteiger partial charge is 0.338 e. The van der Waals surface area contributed by atoms with E-state index >= 15 is 0 Å². The third-order valence-corrected chi connectivity index (χ3v) is 6.95. The van der Waals surface area contributed by atoms with Crippen LogP contribution in [0.3, 0.4) is 0 Å². The van der Waals surface area contributed by atoms with E-state index in [1.807, 2.05) is 0 Å². The Balaban J connectivity index is 1.40. The minimum atomic E-state index is -1.60. The molecule has 44 heavy (non-hydrogen) atoms. The maximum Gasteiger partial charge on any atom is 0.338 e. The number of benzene rings is 3. The summed E-state index contributed by atoms with van der Waals surface area (Å²) in [7, 11) is 0. The summed E-state index contributed by atoms with van der Waals surface area (Å²) in [5, 5.41) is 0. The number of esters is 3. The third kappa shape index (κ3) is 5.63. The monoisotopic (exact) mass is 596 g/mol. The minimum absolute atomic E-state index is 0.00692. The first-order chi connectivity index (χ1) is 21.4. The lowest BCUT2D eigenvalue weighted by molar-refractivity contribution is -0.0650. The van der Waals surface area contributed by atoms with Gasteiger partial charge in [0.1, 0.15) is 18.2 Å². The first-order valence-corrected chi connectivity index (χ1v) is 13.5. The Kier molecular flexibility index (Phi) is 7.84. The molecule has 2 aromatic heterocycles. The summed E-state index contributed by atoms with van der Waals surface area (Å²) >= 11 is 0. The highest BCUT2D eigenvalue weighted by atomic mass is 16.7. The second-order valence-electron chi connectivity index (χ2n) is 9.73. The Morgan fingerprint density at radius 1 is 0.750 bits per heavy atom. The summed E-state index contributed by atoms with van der Waals surface area (Å²) in [6.07, 6.45) is -4.59. The van der Waals surface area contributed by atoms with Gasteiger partial charge < -0.3 is 23.9 Å². The van der Waals surface area contributed by atoms with Gasteiger partial charge in [-0.15, -0.1) is 0 Å². The van der Waals surface area contributed by atoms with Crippen LogP contribution < -0.4 is 11.2 Å². The van der Waals surface area contributed by atoms with Gasteiger partial charge in [0.25, 0.3) is 5.56 Å². The lowest BCUT2D eigenvalue weighted by atomic mass is 10.1. The van der Waals surface area contributed by atoms with Crippen LogP contribution >= 0.6 is 0 Å². The fraction of sp³-hybridized carbons (Fsp3) is 0.161. The number of nitrogens with zero attached hydrogens (tertiary/aromatic N) is 2. The van der Waals surface area contributed by atoms with E-state index in [2.05, 4.69) is 15.0 Å².